The molecule has 0 aromatic heterocycles. The molecule has 0 atom stereocenters. The molecule has 2 aromatic carbocycles. The smallest absolute Gasteiger partial charge is 0.214 e. The molecule has 1 N–H and O–H groups in total. The maximum atomic E-state index is 12.2. The van der Waals surface area contributed by atoms with Gasteiger partial charge in [0, 0.05) is 17.0 Å². The fourth-order valence-corrected chi connectivity index (χ4v) is 3.58. The summed E-state index contributed by atoms with van der Waals surface area (Å²) in [7, 11) is -3.36. The second-order valence-electron chi connectivity index (χ2n) is 5.96. The largest absolute Gasteiger partial charge is 0.215 e. The summed E-state index contributed by atoms with van der Waals surface area (Å²) in [5.41, 5.74) is 1.51. The molecule has 3 nitrogen and oxygen atoms in total. The van der Waals surface area contributed by atoms with Gasteiger partial charge >= 0.3 is 0 Å². The molecule has 0 unspecified atom stereocenters. The van der Waals surface area contributed by atoms with Crippen molar-refractivity contribution in [1.29, 1.82) is 0 Å². The lowest BCUT2D eigenvalue weighted by Gasteiger charge is -2.25. The summed E-state index contributed by atoms with van der Waals surface area (Å²) in [5, 5.41) is 0.671. The van der Waals surface area contributed by atoms with Gasteiger partial charge in [0.15, 0.2) is 0 Å². The van der Waals surface area contributed by atoms with E-state index in [9.17, 15) is 8.42 Å². The van der Waals surface area contributed by atoms with Gasteiger partial charge in [0.25, 0.3) is 0 Å². The monoisotopic (exact) mass is 337 g/mol. The SMILES string of the molecule is CC(C)(CNS(=O)(=O)Cc1ccccc1)c1ccc(Cl)cc1. The van der Waals surface area contributed by atoms with Gasteiger partial charge in [-0.2, -0.15) is 0 Å². The predicted octanol–water partition coefficient (Wildman–Crippen LogP) is 3.74. The van der Waals surface area contributed by atoms with E-state index in [1.165, 1.54) is 0 Å². The van der Waals surface area contributed by atoms with Crippen molar-refractivity contribution in [2.24, 2.45) is 0 Å². The van der Waals surface area contributed by atoms with Crippen LogP contribution >= 0.6 is 11.6 Å². The van der Waals surface area contributed by atoms with Crippen LogP contribution in [0.1, 0.15) is 25.0 Å². The zero-order valence-electron chi connectivity index (χ0n) is 12.7. The summed E-state index contributed by atoms with van der Waals surface area (Å²) in [6.07, 6.45) is 0. The van der Waals surface area contributed by atoms with Crippen LogP contribution in [-0.4, -0.2) is 15.0 Å². The maximum absolute atomic E-state index is 12.2. The van der Waals surface area contributed by atoms with E-state index in [0.717, 1.165) is 11.1 Å². The maximum Gasteiger partial charge on any atom is 0.215 e. The van der Waals surface area contributed by atoms with Gasteiger partial charge in [-0.25, -0.2) is 13.1 Å². The van der Waals surface area contributed by atoms with Crippen molar-refractivity contribution in [2.45, 2.75) is 25.0 Å². The van der Waals surface area contributed by atoms with Gasteiger partial charge in [-0.05, 0) is 23.3 Å². The molecule has 5 heteroatoms. The molecular formula is C17H20ClNO2S. The second kappa shape index (κ2) is 6.82. The highest BCUT2D eigenvalue weighted by molar-refractivity contribution is 7.88. The number of hydrogen-bond donors (Lipinski definition) is 1. The van der Waals surface area contributed by atoms with E-state index in [1.807, 2.05) is 68.4 Å². The van der Waals surface area contributed by atoms with Crippen molar-refractivity contribution in [2.75, 3.05) is 6.54 Å². The summed E-state index contributed by atoms with van der Waals surface area (Å²) < 4.78 is 27.1. The molecule has 2 rings (SSSR count). The third-order valence-corrected chi connectivity index (χ3v) is 5.11. The highest BCUT2D eigenvalue weighted by Gasteiger charge is 2.23. The number of nitrogens with one attached hydrogen (secondary N) is 1. The Kier molecular flexibility index (Phi) is 5.27. The molecule has 0 aliphatic carbocycles. The lowest BCUT2D eigenvalue weighted by molar-refractivity contribution is 0.501. The van der Waals surface area contributed by atoms with E-state index in [4.69, 9.17) is 11.6 Å². The third kappa shape index (κ3) is 4.83. The minimum atomic E-state index is -3.36. The summed E-state index contributed by atoms with van der Waals surface area (Å²) in [4.78, 5) is 0. The number of sulfonamides is 1. The molecule has 0 spiro atoms. The highest BCUT2D eigenvalue weighted by Crippen LogP contribution is 2.24. The molecule has 0 aliphatic rings. The molecule has 22 heavy (non-hydrogen) atoms. The van der Waals surface area contributed by atoms with Crippen LogP contribution in [-0.2, 0) is 21.2 Å². The minimum Gasteiger partial charge on any atom is -0.214 e. The van der Waals surface area contributed by atoms with Gasteiger partial charge in [-0.15, -0.1) is 0 Å². The molecule has 0 amide bonds. The first-order chi connectivity index (χ1) is 10.3. The quantitative estimate of drug-likeness (QED) is 0.872. The summed E-state index contributed by atoms with van der Waals surface area (Å²) >= 11 is 5.89. The van der Waals surface area contributed by atoms with Crippen LogP contribution in [0.5, 0.6) is 0 Å². The predicted molar refractivity (Wildman–Crippen MR) is 91.5 cm³/mol. The van der Waals surface area contributed by atoms with Crippen molar-refractivity contribution in [3.8, 4) is 0 Å². The van der Waals surface area contributed by atoms with Gasteiger partial charge in [0.05, 0.1) is 5.75 Å². The van der Waals surface area contributed by atoms with Gasteiger partial charge in [-0.3, -0.25) is 0 Å². The standard InChI is InChI=1S/C17H20ClNO2S/c1-17(2,15-8-10-16(18)11-9-15)13-19-22(20,21)12-14-6-4-3-5-7-14/h3-11,19H,12-13H2,1-2H3. The number of halogens is 1. The fourth-order valence-electron chi connectivity index (χ4n) is 2.14. The Hall–Kier alpha value is -1.36. The van der Waals surface area contributed by atoms with E-state index in [0.29, 0.717) is 11.6 Å². The average molecular weight is 338 g/mol. The Morgan fingerprint density at radius 3 is 2.18 bits per heavy atom. The van der Waals surface area contributed by atoms with E-state index in [1.54, 1.807) is 0 Å². The van der Waals surface area contributed by atoms with Crippen molar-refractivity contribution >= 4 is 21.6 Å². The van der Waals surface area contributed by atoms with Crippen molar-refractivity contribution < 1.29 is 8.42 Å². The molecule has 0 radical (unpaired) electrons. The van der Waals surface area contributed by atoms with Gasteiger partial charge in [-0.1, -0.05) is 67.9 Å². The first-order valence-electron chi connectivity index (χ1n) is 7.06. The highest BCUT2D eigenvalue weighted by atomic mass is 35.5. The van der Waals surface area contributed by atoms with Crippen LogP contribution in [0.4, 0.5) is 0 Å². The molecule has 0 aliphatic heterocycles. The second-order valence-corrected chi connectivity index (χ2v) is 8.20. The Morgan fingerprint density at radius 2 is 1.59 bits per heavy atom. The Balaban J connectivity index is 2.03. The molecule has 118 valence electrons. The summed E-state index contributed by atoms with van der Waals surface area (Å²) in [6, 6.07) is 16.6. The Morgan fingerprint density at radius 1 is 1.00 bits per heavy atom. The number of rotatable bonds is 6. The third-order valence-electron chi connectivity index (χ3n) is 3.56. The van der Waals surface area contributed by atoms with E-state index < -0.39 is 10.0 Å². The minimum absolute atomic E-state index is 0.00939. The van der Waals surface area contributed by atoms with Crippen molar-refractivity contribution in [1.82, 2.24) is 4.72 Å². The van der Waals surface area contributed by atoms with Crippen LogP contribution in [0, 0.1) is 0 Å². The normalized spacial score (nSPS) is 12.3. The van der Waals surface area contributed by atoms with Crippen molar-refractivity contribution in [3.05, 3.63) is 70.7 Å². The topological polar surface area (TPSA) is 46.2 Å². The molecule has 0 saturated carbocycles. The first kappa shape index (κ1) is 17.0. The van der Waals surface area contributed by atoms with Crippen LogP contribution in [0.3, 0.4) is 0 Å². The van der Waals surface area contributed by atoms with Crippen molar-refractivity contribution in [3.63, 3.8) is 0 Å². The Bertz CT molecular complexity index is 710. The van der Waals surface area contributed by atoms with Gasteiger partial charge in [0.2, 0.25) is 10.0 Å². The lowest BCUT2D eigenvalue weighted by Crippen LogP contribution is -2.37. The molecule has 0 heterocycles. The van der Waals surface area contributed by atoms with Crippen LogP contribution in [0.2, 0.25) is 5.02 Å². The molecule has 2 aromatic rings. The van der Waals surface area contributed by atoms with E-state index >= 15 is 0 Å². The molecule has 0 saturated heterocycles. The number of hydrogen-bond acceptors (Lipinski definition) is 2. The molecule has 0 bridgehead atoms. The average Bonchev–Trinajstić information content (AvgIpc) is 2.47. The van der Waals surface area contributed by atoms with Gasteiger partial charge in [0.1, 0.15) is 0 Å². The molecular weight excluding hydrogens is 318 g/mol. The molecule has 0 fully saturated rings. The number of benzene rings is 2. The Labute approximate surface area is 137 Å². The van der Waals surface area contributed by atoms with E-state index in [-0.39, 0.29) is 11.2 Å². The zero-order chi connectivity index (χ0) is 16.2. The van der Waals surface area contributed by atoms with Crippen LogP contribution in [0.25, 0.3) is 0 Å². The lowest BCUT2D eigenvalue weighted by atomic mass is 9.85. The van der Waals surface area contributed by atoms with Crippen LogP contribution in [0.15, 0.2) is 54.6 Å². The van der Waals surface area contributed by atoms with Gasteiger partial charge < -0.3 is 0 Å². The van der Waals surface area contributed by atoms with Crippen LogP contribution < -0.4 is 4.72 Å². The fraction of sp³-hybridized carbons (Fsp3) is 0.294. The first-order valence-corrected chi connectivity index (χ1v) is 9.09. The summed E-state index contributed by atoms with van der Waals surface area (Å²) in [5.74, 6) is -0.00939. The summed E-state index contributed by atoms with van der Waals surface area (Å²) in [6.45, 7) is 4.34. The van der Waals surface area contributed by atoms with E-state index in [2.05, 4.69) is 4.72 Å². The zero-order valence-corrected chi connectivity index (χ0v) is 14.3.